The zero-order chi connectivity index (χ0) is 28.4. The van der Waals surface area contributed by atoms with E-state index >= 15 is 0 Å². The molecule has 5 rings (SSSR count). The van der Waals surface area contributed by atoms with E-state index < -0.39 is 0 Å². The molecule has 207 valence electrons. The summed E-state index contributed by atoms with van der Waals surface area (Å²) < 4.78 is 0. The first kappa shape index (κ1) is 35.0. The van der Waals surface area contributed by atoms with Crippen molar-refractivity contribution in [2.75, 3.05) is 0 Å². The van der Waals surface area contributed by atoms with Crippen LogP contribution < -0.4 is 10.2 Å². The number of aromatic nitrogens is 1. The van der Waals surface area contributed by atoms with E-state index in [0.29, 0.717) is 22.3 Å². The summed E-state index contributed by atoms with van der Waals surface area (Å²) in [5.41, 5.74) is 2.10. The van der Waals surface area contributed by atoms with E-state index in [0.717, 1.165) is 12.2 Å². The van der Waals surface area contributed by atoms with Gasteiger partial charge in [-0.25, -0.2) is 0 Å². The molecule has 0 spiro atoms. The summed E-state index contributed by atoms with van der Waals surface area (Å²) in [6.07, 6.45) is 5.76. The summed E-state index contributed by atoms with van der Waals surface area (Å²) in [6, 6.07) is 40.7. The van der Waals surface area contributed by atoms with Crippen LogP contribution in [0.5, 0.6) is 0 Å². The summed E-state index contributed by atoms with van der Waals surface area (Å²) >= 11 is 0. The molecule has 42 heavy (non-hydrogen) atoms. The molecule has 0 aliphatic rings. The van der Waals surface area contributed by atoms with Gasteiger partial charge in [-0.2, -0.15) is 0 Å². The van der Waals surface area contributed by atoms with E-state index in [1.807, 2.05) is 42.5 Å². The number of rotatable bonds is 6. The fourth-order valence-electron chi connectivity index (χ4n) is 3.29. The largest absolute Gasteiger partial charge is 4.00 e. The molecule has 6 nitrogen and oxygen atoms in total. The molecule has 0 saturated heterocycles. The molecule has 0 bridgehead atoms. The molecule has 0 aliphatic carbocycles. The number of carbonyl (C=O) groups excluding carboxylic acids is 2. The Kier molecular flexibility index (Phi) is 16.6. The van der Waals surface area contributed by atoms with Crippen molar-refractivity contribution in [2.24, 2.45) is 0 Å². The molecule has 1 heterocycles. The van der Waals surface area contributed by atoms with Crippen LogP contribution in [-0.2, 0) is 24.0 Å². The Morgan fingerprint density at radius 1 is 0.452 bits per heavy atom. The van der Waals surface area contributed by atoms with Crippen LogP contribution in [0, 0.1) is 0 Å². The van der Waals surface area contributed by atoms with Gasteiger partial charge in [0.05, 0.1) is 0 Å². The first-order valence-corrected chi connectivity index (χ1v) is 12.5. The zero-order valence-corrected chi connectivity index (χ0v) is 23.9. The SMILES string of the molecule is O=C(/C=C(\[O-])c1ccccc1)c1ccccc1.O=C(/C=C(\[O-])c1ccccc1)c1ccccc1.[O-2].[V+4].c1ccncc1. The van der Waals surface area contributed by atoms with Gasteiger partial charge in [0.2, 0.25) is 0 Å². The second-order valence-electron chi connectivity index (χ2n) is 8.23. The van der Waals surface area contributed by atoms with Crippen LogP contribution in [0.25, 0.3) is 11.5 Å². The van der Waals surface area contributed by atoms with Crippen LogP contribution in [0.3, 0.4) is 0 Å². The molecular weight excluding hydrogens is 565 g/mol. The van der Waals surface area contributed by atoms with Crippen molar-refractivity contribution in [1.82, 2.24) is 4.98 Å². The Labute approximate surface area is 257 Å². The number of allylic oxidation sites excluding steroid dienone is 2. The number of ketones is 2. The molecule has 7 heteroatoms. The first-order chi connectivity index (χ1) is 19.5. The Morgan fingerprint density at radius 2 is 0.714 bits per heavy atom. The van der Waals surface area contributed by atoms with Crippen LogP contribution >= 0.6 is 0 Å². The third kappa shape index (κ3) is 12.4. The van der Waals surface area contributed by atoms with Gasteiger partial charge in [0, 0.05) is 23.5 Å². The Hall–Kier alpha value is -5.01. The Morgan fingerprint density at radius 3 is 0.952 bits per heavy atom. The number of hydrogen-bond acceptors (Lipinski definition) is 5. The number of nitrogens with zero attached hydrogens (tertiary/aromatic N) is 1. The van der Waals surface area contributed by atoms with Gasteiger partial charge in [-0.3, -0.25) is 14.6 Å². The summed E-state index contributed by atoms with van der Waals surface area (Å²) in [5.74, 6) is -1.06. The maximum Gasteiger partial charge on any atom is 4.00 e. The molecule has 0 atom stereocenters. The van der Waals surface area contributed by atoms with Gasteiger partial charge in [0.25, 0.3) is 0 Å². The fraction of sp³-hybridized carbons (Fsp3) is 0. The quantitative estimate of drug-likeness (QED) is 0.146. The van der Waals surface area contributed by atoms with Crippen LogP contribution in [0.2, 0.25) is 0 Å². The van der Waals surface area contributed by atoms with Gasteiger partial charge in [-0.05, 0) is 35.4 Å². The second-order valence-corrected chi connectivity index (χ2v) is 8.23. The molecule has 0 N–H and O–H groups in total. The van der Waals surface area contributed by atoms with E-state index in [2.05, 4.69) is 4.98 Å². The van der Waals surface area contributed by atoms with E-state index in [1.165, 1.54) is 0 Å². The summed E-state index contributed by atoms with van der Waals surface area (Å²) in [6.45, 7) is 0. The maximum atomic E-state index is 11.8. The van der Waals surface area contributed by atoms with Gasteiger partial charge in [0.15, 0.2) is 11.6 Å². The van der Waals surface area contributed by atoms with Crippen molar-refractivity contribution >= 4 is 23.1 Å². The summed E-state index contributed by atoms with van der Waals surface area (Å²) in [5, 5.41) is 23.5. The Balaban J connectivity index is 0.000000337. The maximum absolute atomic E-state index is 11.8. The van der Waals surface area contributed by atoms with E-state index in [9.17, 15) is 19.8 Å². The first-order valence-electron chi connectivity index (χ1n) is 12.5. The predicted octanol–water partition coefficient (Wildman–Crippen LogP) is 5.50. The van der Waals surface area contributed by atoms with Crippen LogP contribution in [0.4, 0.5) is 0 Å². The third-order valence-corrected chi connectivity index (χ3v) is 5.32. The number of hydrogen-bond donors (Lipinski definition) is 0. The van der Waals surface area contributed by atoms with Crippen LogP contribution in [-0.4, -0.2) is 16.6 Å². The number of carbonyl (C=O) groups is 2. The average molecular weight is 593 g/mol. The standard InChI is InChI=1S/2C15H12O2.C5H5N.O.V/c2*16-14(12-7-3-1-4-8-12)11-15(17)13-9-5-2-6-10-13;1-2-4-6-5-3-1;;/h2*1-11,16H;1-5H;;/q;;;-2;+4/p-2/b2*14-11-;;;. The van der Waals surface area contributed by atoms with Crippen molar-refractivity contribution in [1.29, 1.82) is 0 Å². The third-order valence-electron chi connectivity index (χ3n) is 5.32. The van der Waals surface area contributed by atoms with Gasteiger partial charge >= 0.3 is 18.6 Å². The van der Waals surface area contributed by atoms with Gasteiger partial charge in [-0.1, -0.05) is 139 Å². The number of pyridine rings is 1. The second kappa shape index (κ2) is 20.0. The molecule has 5 aromatic rings. The van der Waals surface area contributed by atoms with Gasteiger partial charge < -0.3 is 15.7 Å². The zero-order valence-electron chi connectivity index (χ0n) is 22.5. The molecule has 1 radical (unpaired) electrons. The number of benzene rings is 4. The topological polar surface area (TPSA) is 122 Å². The van der Waals surface area contributed by atoms with Crippen molar-refractivity contribution in [2.45, 2.75) is 0 Å². The van der Waals surface area contributed by atoms with Crippen molar-refractivity contribution < 1.29 is 43.8 Å². The van der Waals surface area contributed by atoms with Crippen LogP contribution in [0.15, 0.2) is 164 Å². The smallest absolute Gasteiger partial charge is 2.00 e. The average Bonchev–Trinajstić information content (AvgIpc) is 3.04. The molecule has 0 saturated carbocycles. The van der Waals surface area contributed by atoms with E-state index in [1.54, 1.807) is 109 Å². The molecule has 0 amide bonds. The van der Waals surface area contributed by atoms with Crippen molar-refractivity contribution in [3.05, 3.63) is 186 Å². The van der Waals surface area contributed by atoms with Gasteiger partial charge in [0.1, 0.15) is 0 Å². The monoisotopic (exact) mass is 592 g/mol. The normalized spacial score (nSPS) is 10.2. The van der Waals surface area contributed by atoms with E-state index in [-0.39, 0.29) is 47.1 Å². The molecule has 1 aromatic heterocycles. The Bertz CT molecular complexity index is 1380. The van der Waals surface area contributed by atoms with Crippen molar-refractivity contribution in [3.63, 3.8) is 0 Å². The molecule has 0 aliphatic heterocycles. The minimum Gasteiger partial charge on any atom is -2.00 e. The molecular formula is C35H27NO5V. The minimum atomic E-state index is -0.264. The predicted molar refractivity (Wildman–Crippen MR) is 155 cm³/mol. The van der Waals surface area contributed by atoms with Crippen LogP contribution in [0.1, 0.15) is 31.8 Å². The van der Waals surface area contributed by atoms with Crippen molar-refractivity contribution in [3.8, 4) is 0 Å². The summed E-state index contributed by atoms with van der Waals surface area (Å²) in [4.78, 5) is 27.3. The summed E-state index contributed by atoms with van der Waals surface area (Å²) in [7, 11) is 0. The minimum absolute atomic E-state index is 0. The molecule has 4 aromatic carbocycles. The van der Waals surface area contributed by atoms with E-state index in [4.69, 9.17) is 0 Å². The van der Waals surface area contributed by atoms with Gasteiger partial charge in [-0.15, -0.1) is 0 Å². The fourth-order valence-corrected chi connectivity index (χ4v) is 3.29. The molecule has 0 unspecified atom stereocenters. The molecule has 0 fully saturated rings.